The maximum absolute atomic E-state index is 5.55. The van der Waals surface area contributed by atoms with Gasteiger partial charge in [-0.05, 0) is 49.0 Å². The molecule has 2 N–H and O–H groups in total. The summed E-state index contributed by atoms with van der Waals surface area (Å²) in [4.78, 5) is 0. The summed E-state index contributed by atoms with van der Waals surface area (Å²) < 4.78 is 5.55. The molecule has 0 amide bonds. The molecule has 0 radical (unpaired) electrons. The van der Waals surface area contributed by atoms with Crippen molar-refractivity contribution in [3.63, 3.8) is 0 Å². The topological polar surface area (TPSA) is 45.6 Å². The van der Waals surface area contributed by atoms with Gasteiger partial charge >= 0.3 is 0 Å². The Hall–Kier alpha value is -1.46. The Bertz CT molecular complexity index is 538. The molecule has 1 atom stereocenters. The Balaban J connectivity index is 1.46. The molecule has 1 aliphatic heterocycles. The van der Waals surface area contributed by atoms with Gasteiger partial charge in [-0.1, -0.05) is 24.3 Å². The fraction of sp³-hybridized carbons (Fsp3) is 0.500. The van der Waals surface area contributed by atoms with Crippen molar-refractivity contribution in [2.45, 2.75) is 38.2 Å². The molecule has 1 heterocycles. The maximum Gasteiger partial charge on any atom is 0.187 e. The van der Waals surface area contributed by atoms with Crippen molar-refractivity contribution in [1.29, 1.82) is 0 Å². The fourth-order valence-corrected chi connectivity index (χ4v) is 2.97. The highest BCUT2D eigenvalue weighted by molar-refractivity contribution is 7.80. The number of hydrazone groups is 1. The Kier molecular flexibility index (Phi) is 4.83. The molecule has 0 aromatic heterocycles. The predicted molar refractivity (Wildman–Crippen MR) is 88.6 cm³/mol. The third kappa shape index (κ3) is 4.02. The Morgan fingerprint density at radius 2 is 2.14 bits per heavy atom. The molecule has 0 spiro atoms. The van der Waals surface area contributed by atoms with Gasteiger partial charge in [0.1, 0.15) is 0 Å². The van der Waals surface area contributed by atoms with E-state index in [-0.39, 0.29) is 0 Å². The number of aryl methyl sites for hydroxylation is 1. The average Bonchev–Trinajstić information content (AvgIpc) is 3.04. The van der Waals surface area contributed by atoms with Crippen molar-refractivity contribution in [1.82, 2.24) is 10.7 Å². The summed E-state index contributed by atoms with van der Waals surface area (Å²) in [6, 6.07) is 8.57. The van der Waals surface area contributed by atoms with Gasteiger partial charge in [0, 0.05) is 25.3 Å². The summed E-state index contributed by atoms with van der Waals surface area (Å²) in [5.41, 5.74) is 6.94. The van der Waals surface area contributed by atoms with Crippen molar-refractivity contribution in [3.05, 3.63) is 35.4 Å². The van der Waals surface area contributed by atoms with Crippen molar-refractivity contribution in [3.8, 4) is 0 Å². The van der Waals surface area contributed by atoms with Gasteiger partial charge in [0.25, 0.3) is 0 Å². The monoisotopic (exact) mass is 303 g/mol. The van der Waals surface area contributed by atoms with Gasteiger partial charge in [-0.3, -0.25) is 5.43 Å². The van der Waals surface area contributed by atoms with Crippen LogP contribution in [0.1, 0.15) is 30.4 Å². The second kappa shape index (κ2) is 7.00. The normalized spacial score (nSPS) is 22.9. The molecule has 1 aromatic carbocycles. The van der Waals surface area contributed by atoms with Crippen LogP contribution in [0.15, 0.2) is 29.4 Å². The average molecular weight is 303 g/mol. The lowest BCUT2D eigenvalue weighted by molar-refractivity contribution is 0.114. The minimum absolute atomic E-state index is 0.291. The van der Waals surface area contributed by atoms with Crippen molar-refractivity contribution in [2.75, 3.05) is 13.2 Å². The second-order valence-corrected chi connectivity index (χ2v) is 5.99. The van der Waals surface area contributed by atoms with Crippen LogP contribution in [0.4, 0.5) is 0 Å². The quantitative estimate of drug-likeness (QED) is 0.663. The molecule has 1 saturated heterocycles. The molecular formula is C16H21N3OS. The zero-order valence-corrected chi connectivity index (χ0v) is 12.9. The molecule has 112 valence electrons. The molecule has 0 bridgehead atoms. The molecule has 4 nitrogen and oxygen atoms in total. The molecule has 0 unspecified atom stereocenters. The molecule has 0 saturated carbocycles. The van der Waals surface area contributed by atoms with Gasteiger partial charge in [0.2, 0.25) is 0 Å². The van der Waals surface area contributed by atoms with E-state index in [0.29, 0.717) is 11.2 Å². The highest BCUT2D eigenvalue weighted by Gasteiger charge is 2.16. The Labute approximate surface area is 131 Å². The van der Waals surface area contributed by atoms with E-state index >= 15 is 0 Å². The third-order valence-electron chi connectivity index (χ3n) is 4.03. The van der Waals surface area contributed by atoms with Crippen molar-refractivity contribution < 1.29 is 4.74 Å². The van der Waals surface area contributed by atoms with E-state index in [4.69, 9.17) is 17.0 Å². The highest BCUT2D eigenvalue weighted by atomic mass is 32.1. The zero-order valence-electron chi connectivity index (χ0n) is 12.1. The standard InChI is InChI=1S/C16H21N3OS/c21-16(17-11-15-6-3-9-20-15)19-18-14-8-7-12-4-1-2-5-13(12)10-14/h1-2,4-5,15H,3,6-11H2,(H2,17,19,21)/b18-14+/t15-/m0/s1. The number of benzene rings is 1. The molecule has 21 heavy (non-hydrogen) atoms. The summed E-state index contributed by atoms with van der Waals surface area (Å²) in [7, 11) is 0. The van der Waals surface area contributed by atoms with Crippen LogP contribution in [0, 0.1) is 0 Å². The van der Waals surface area contributed by atoms with Crippen LogP contribution in [-0.4, -0.2) is 30.1 Å². The fourth-order valence-electron chi connectivity index (χ4n) is 2.84. The van der Waals surface area contributed by atoms with E-state index in [2.05, 4.69) is 40.1 Å². The predicted octanol–water partition coefficient (Wildman–Crippen LogP) is 2.17. The second-order valence-electron chi connectivity index (χ2n) is 5.58. The van der Waals surface area contributed by atoms with Crippen LogP contribution in [0.5, 0.6) is 0 Å². The summed E-state index contributed by atoms with van der Waals surface area (Å²) in [6.07, 6.45) is 5.52. The van der Waals surface area contributed by atoms with Crippen LogP contribution < -0.4 is 10.7 Å². The number of hydrogen-bond donors (Lipinski definition) is 2. The minimum Gasteiger partial charge on any atom is -0.376 e. The van der Waals surface area contributed by atoms with Gasteiger partial charge in [0.15, 0.2) is 5.11 Å². The summed E-state index contributed by atoms with van der Waals surface area (Å²) in [5.74, 6) is 0. The van der Waals surface area contributed by atoms with E-state index in [1.54, 1.807) is 0 Å². The molecule has 1 fully saturated rings. The molecule has 1 aliphatic carbocycles. The lowest BCUT2D eigenvalue weighted by atomic mass is 9.90. The van der Waals surface area contributed by atoms with E-state index < -0.39 is 0 Å². The lowest BCUT2D eigenvalue weighted by Crippen LogP contribution is -2.37. The minimum atomic E-state index is 0.291. The zero-order chi connectivity index (χ0) is 14.5. The van der Waals surface area contributed by atoms with Gasteiger partial charge in [-0.25, -0.2) is 0 Å². The van der Waals surface area contributed by atoms with Gasteiger partial charge in [0.05, 0.1) is 6.10 Å². The summed E-state index contributed by atoms with van der Waals surface area (Å²) >= 11 is 5.25. The SMILES string of the molecule is S=C(NC[C@@H]1CCCO1)N/N=C1\CCc2ccccc2C1. The molecule has 1 aromatic rings. The van der Waals surface area contributed by atoms with Crippen molar-refractivity contribution in [2.24, 2.45) is 5.10 Å². The Morgan fingerprint density at radius 1 is 1.29 bits per heavy atom. The number of hydrogen-bond acceptors (Lipinski definition) is 3. The van der Waals surface area contributed by atoms with E-state index in [1.807, 2.05) is 0 Å². The number of nitrogens with one attached hydrogen (secondary N) is 2. The first-order valence-electron chi connectivity index (χ1n) is 7.59. The Morgan fingerprint density at radius 3 is 2.95 bits per heavy atom. The van der Waals surface area contributed by atoms with Gasteiger partial charge in [-0.2, -0.15) is 5.10 Å². The maximum atomic E-state index is 5.55. The number of thiocarbonyl (C=S) groups is 1. The van der Waals surface area contributed by atoms with Crippen LogP contribution in [-0.2, 0) is 17.6 Å². The number of nitrogens with zero attached hydrogens (tertiary/aromatic N) is 1. The van der Waals surface area contributed by atoms with E-state index in [9.17, 15) is 0 Å². The number of fused-ring (bicyclic) bond motifs is 1. The molecular weight excluding hydrogens is 282 g/mol. The number of ether oxygens (including phenoxy) is 1. The smallest absolute Gasteiger partial charge is 0.187 e. The van der Waals surface area contributed by atoms with Crippen LogP contribution >= 0.6 is 12.2 Å². The molecule has 3 rings (SSSR count). The molecule has 5 heteroatoms. The molecule has 2 aliphatic rings. The largest absolute Gasteiger partial charge is 0.376 e. The van der Waals surface area contributed by atoms with Crippen LogP contribution in [0.2, 0.25) is 0 Å². The van der Waals surface area contributed by atoms with Crippen LogP contribution in [0.3, 0.4) is 0 Å². The first kappa shape index (κ1) is 14.5. The third-order valence-corrected chi connectivity index (χ3v) is 4.26. The van der Waals surface area contributed by atoms with Crippen molar-refractivity contribution >= 4 is 23.0 Å². The number of rotatable bonds is 3. The summed E-state index contributed by atoms with van der Waals surface area (Å²) in [5, 5.41) is 8.20. The highest BCUT2D eigenvalue weighted by Crippen LogP contribution is 2.18. The first-order valence-corrected chi connectivity index (χ1v) is 8.00. The van der Waals surface area contributed by atoms with Gasteiger partial charge in [-0.15, -0.1) is 0 Å². The van der Waals surface area contributed by atoms with E-state index in [0.717, 1.165) is 51.0 Å². The van der Waals surface area contributed by atoms with Gasteiger partial charge < -0.3 is 10.1 Å². The van der Waals surface area contributed by atoms with Crippen LogP contribution in [0.25, 0.3) is 0 Å². The summed E-state index contributed by atoms with van der Waals surface area (Å²) in [6.45, 7) is 1.63. The van der Waals surface area contributed by atoms with E-state index in [1.165, 1.54) is 11.1 Å². The lowest BCUT2D eigenvalue weighted by Gasteiger charge is -2.18. The first-order chi connectivity index (χ1) is 10.3.